The van der Waals surface area contributed by atoms with Crippen molar-refractivity contribution in [2.45, 2.75) is 20.8 Å². The molecule has 0 saturated carbocycles. The number of nitrogens with zero attached hydrogens (tertiary/aromatic N) is 1. The summed E-state index contributed by atoms with van der Waals surface area (Å²) in [5, 5.41) is 2.86. The first-order valence-electron chi connectivity index (χ1n) is 3.97. The quantitative estimate of drug-likeness (QED) is 0.662. The van der Waals surface area contributed by atoms with E-state index in [0.717, 1.165) is 0 Å². The molecule has 0 aliphatic carbocycles. The molecule has 0 radical (unpaired) electrons. The Morgan fingerprint density at radius 1 is 1.42 bits per heavy atom. The first-order chi connectivity index (χ1) is 5.15. The minimum absolute atomic E-state index is 0.102. The lowest BCUT2D eigenvalue weighted by atomic mass is 9.98. The highest BCUT2D eigenvalue weighted by Crippen LogP contribution is 2.33. The van der Waals surface area contributed by atoms with Gasteiger partial charge in [-0.2, -0.15) is 0 Å². The zero-order valence-corrected chi connectivity index (χ0v) is 9.48. The Hall–Kier alpha value is 0.110. The van der Waals surface area contributed by atoms with Crippen molar-refractivity contribution in [2.75, 3.05) is 20.6 Å². The Kier molecular flexibility index (Phi) is 3.91. The molecule has 0 aromatic rings. The standard InChI is InChI=1S/C7H20N3OP/c1-7(2,3)6-9-12(8,11)10(4)5/h6H2,1-5H3,(H3,8,9,11). The molecule has 3 N–H and O–H groups in total. The first-order valence-corrected chi connectivity index (χ1v) is 5.69. The highest BCUT2D eigenvalue weighted by Gasteiger charge is 2.21. The van der Waals surface area contributed by atoms with Crippen LogP contribution in [0.2, 0.25) is 0 Å². The van der Waals surface area contributed by atoms with Crippen molar-refractivity contribution in [3.05, 3.63) is 0 Å². The van der Waals surface area contributed by atoms with E-state index in [4.69, 9.17) is 5.50 Å². The zero-order valence-electron chi connectivity index (χ0n) is 8.59. The first kappa shape index (κ1) is 12.1. The molecule has 0 fully saturated rings. The largest absolute Gasteiger partial charge is 0.278 e. The summed E-state index contributed by atoms with van der Waals surface area (Å²) >= 11 is 0. The van der Waals surface area contributed by atoms with E-state index in [1.165, 1.54) is 4.67 Å². The highest BCUT2D eigenvalue weighted by atomic mass is 31.2. The van der Waals surface area contributed by atoms with Gasteiger partial charge >= 0.3 is 0 Å². The van der Waals surface area contributed by atoms with Gasteiger partial charge in [0.15, 0.2) is 0 Å². The minimum atomic E-state index is -2.78. The van der Waals surface area contributed by atoms with Gasteiger partial charge < -0.3 is 0 Å². The van der Waals surface area contributed by atoms with Crippen molar-refractivity contribution >= 4 is 7.59 Å². The summed E-state index contributed by atoms with van der Waals surface area (Å²) in [4.78, 5) is 0. The molecule has 4 nitrogen and oxygen atoms in total. The van der Waals surface area contributed by atoms with E-state index in [1.54, 1.807) is 14.1 Å². The molecule has 0 aliphatic heterocycles. The van der Waals surface area contributed by atoms with E-state index in [2.05, 4.69) is 25.9 Å². The van der Waals surface area contributed by atoms with Gasteiger partial charge in [-0.1, -0.05) is 20.8 Å². The van der Waals surface area contributed by atoms with E-state index >= 15 is 0 Å². The van der Waals surface area contributed by atoms with Gasteiger partial charge in [0.05, 0.1) is 0 Å². The van der Waals surface area contributed by atoms with E-state index in [-0.39, 0.29) is 5.41 Å². The number of rotatable bonds is 3. The fourth-order valence-corrected chi connectivity index (χ4v) is 1.48. The third kappa shape index (κ3) is 4.88. The van der Waals surface area contributed by atoms with Gasteiger partial charge in [-0.25, -0.2) is 9.76 Å². The van der Waals surface area contributed by atoms with Crippen LogP contribution < -0.4 is 10.6 Å². The van der Waals surface area contributed by atoms with Gasteiger partial charge in [0.1, 0.15) is 0 Å². The van der Waals surface area contributed by atoms with Crippen molar-refractivity contribution < 1.29 is 4.57 Å². The molecule has 1 atom stereocenters. The molecule has 12 heavy (non-hydrogen) atoms. The molecule has 0 saturated heterocycles. The number of hydrogen-bond acceptors (Lipinski definition) is 1. The van der Waals surface area contributed by atoms with Crippen LogP contribution in [0.25, 0.3) is 0 Å². The third-order valence-electron chi connectivity index (χ3n) is 1.43. The molecule has 1 unspecified atom stereocenters. The van der Waals surface area contributed by atoms with E-state index in [9.17, 15) is 4.57 Å². The molecule has 0 rings (SSSR count). The summed E-state index contributed by atoms with van der Waals surface area (Å²) in [6.45, 7) is 6.85. The molecule has 0 aromatic carbocycles. The second-order valence-electron chi connectivity index (χ2n) is 4.37. The van der Waals surface area contributed by atoms with Crippen molar-refractivity contribution in [3.63, 3.8) is 0 Å². The molecule has 74 valence electrons. The van der Waals surface area contributed by atoms with Crippen LogP contribution in [0.3, 0.4) is 0 Å². The average Bonchev–Trinajstić information content (AvgIpc) is 1.82. The van der Waals surface area contributed by atoms with Crippen LogP contribution in [0.4, 0.5) is 0 Å². The van der Waals surface area contributed by atoms with Crippen molar-refractivity contribution in [1.82, 2.24) is 9.76 Å². The summed E-state index contributed by atoms with van der Waals surface area (Å²) in [7, 11) is 0.632. The Balaban J connectivity index is 4.02. The molecule has 0 heterocycles. The van der Waals surface area contributed by atoms with Crippen LogP contribution in [0.5, 0.6) is 0 Å². The van der Waals surface area contributed by atoms with Crippen LogP contribution in [0, 0.1) is 5.41 Å². The molecule has 0 bridgehead atoms. The Bertz CT molecular complexity index is 186. The van der Waals surface area contributed by atoms with Crippen LogP contribution in [0.1, 0.15) is 20.8 Å². The average molecular weight is 193 g/mol. The maximum atomic E-state index is 11.6. The molecular weight excluding hydrogens is 173 g/mol. The molecule has 0 amide bonds. The van der Waals surface area contributed by atoms with Crippen LogP contribution in [0.15, 0.2) is 0 Å². The Morgan fingerprint density at radius 2 is 1.83 bits per heavy atom. The SMILES string of the molecule is CN(C)P(N)(=O)NCC(C)(C)C. The monoisotopic (exact) mass is 193 g/mol. The molecule has 0 spiro atoms. The van der Waals surface area contributed by atoms with Crippen LogP contribution in [-0.2, 0) is 4.57 Å². The smallest absolute Gasteiger partial charge is 0.271 e. The highest BCUT2D eigenvalue weighted by molar-refractivity contribution is 7.56. The fraction of sp³-hybridized carbons (Fsp3) is 1.00. The number of nitrogens with one attached hydrogen (secondary N) is 1. The normalized spacial score (nSPS) is 17.9. The van der Waals surface area contributed by atoms with Gasteiger partial charge in [-0.3, -0.25) is 10.1 Å². The topological polar surface area (TPSA) is 58.4 Å². The summed E-state index contributed by atoms with van der Waals surface area (Å²) in [5.74, 6) is 0. The summed E-state index contributed by atoms with van der Waals surface area (Å²) < 4.78 is 13.1. The number of hydrogen-bond donors (Lipinski definition) is 2. The fourth-order valence-electron chi connectivity index (χ4n) is 0.492. The van der Waals surface area contributed by atoms with Gasteiger partial charge in [-0.15, -0.1) is 0 Å². The third-order valence-corrected chi connectivity index (χ3v) is 3.23. The summed E-state index contributed by atoms with van der Waals surface area (Å²) in [6.07, 6.45) is 0. The predicted octanol–water partition coefficient (Wildman–Crippen LogP) is 1.25. The van der Waals surface area contributed by atoms with Crippen molar-refractivity contribution in [1.29, 1.82) is 0 Å². The molecule has 0 aliphatic rings. The van der Waals surface area contributed by atoms with E-state index in [0.29, 0.717) is 6.54 Å². The summed E-state index contributed by atoms with van der Waals surface area (Å²) in [5.41, 5.74) is 5.64. The molecule has 0 aromatic heterocycles. The minimum Gasteiger partial charge on any atom is -0.271 e. The lowest BCUT2D eigenvalue weighted by molar-refractivity contribution is 0.398. The van der Waals surface area contributed by atoms with Gasteiger partial charge in [0.25, 0.3) is 7.59 Å². The lowest BCUT2D eigenvalue weighted by Gasteiger charge is -2.25. The van der Waals surface area contributed by atoms with Gasteiger partial charge in [-0.05, 0) is 19.5 Å². The second kappa shape index (κ2) is 3.88. The maximum absolute atomic E-state index is 11.6. The van der Waals surface area contributed by atoms with Crippen LogP contribution >= 0.6 is 7.59 Å². The Morgan fingerprint density at radius 3 is 2.08 bits per heavy atom. The second-order valence-corrected chi connectivity index (χ2v) is 6.73. The summed E-state index contributed by atoms with van der Waals surface area (Å²) in [6, 6.07) is 0. The van der Waals surface area contributed by atoms with Crippen molar-refractivity contribution in [2.24, 2.45) is 10.9 Å². The Labute approximate surface area is 75.0 Å². The number of nitrogens with two attached hydrogens (primary N) is 1. The maximum Gasteiger partial charge on any atom is 0.278 e. The van der Waals surface area contributed by atoms with E-state index in [1.807, 2.05) is 0 Å². The van der Waals surface area contributed by atoms with Crippen molar-refractivity contribution in [3.8, 4) is 0 Å². The zero-order chi connectivity index (χ0) is 9.99. The van der Waals surface area contributed by atoms with Crippen LogP contribution in [-0.4, -0.2) is 25.3 Å². The molecule has 5 heteroatoms. The van der Waals surface area contributed by atoms with Gasteiger partial charge in [0, 0.05) is 6.54 Å². The predicted molar refractivity (Wildman–Crippen MR) is 52.9 cm³/mol. The lowest BCUT2D eigenvalue weighted by Crippen LogP contribution is -2.32. The molecular formula is C7H20N3OP. The van der Waals surface area contributed by atoms with Gasteiger partial charge in [0.2, 0.25) is 0 Å². The van der Waals surface area contributed by atoms with E-state index < -0.39 is 7.59 Å².